The average Bonchev–Trinajstić information content (AvgIpc) is 3.13. The molecular weight excluding hydrogens is 352 g/mol. The number of pyridine rings is 1. The molecule has 148 valence electrons. The molecule has 29 heavy (non-hydrogen) atoms. The number of hydrogen-bond donors (Lipinski definition) is 0. The van der Waals surface area contributed by atoms with E-state index in [4.69, 9.17) is 6.85 Å². The number of hydrogen-bond acceptors (Lipinski definition) is 0. The summed E-state index contributed by atoms with van der Waals surface area (Å²) in [6, 6.07) is 15.5. The minimum absolute atomic E-state index is 0.172. The number of para-hydroxylation sites is 1. The third kappa shape index (κ3) is 3.27. The maximum Gasteiger partial charge on any atom is 0.222 e. The van der Waals surface area contributed by atoms with Crippen LogP contribution in [0.1, 0.15) is 51.2 Å². The highest BCUT2D eigenvalue weighted by atomic mass is 15.1. The lowest BCUT2D eigenvalue weighted by Gasteiger charge is -2.14. The molecule has 2 nitrogen and oxygen atoms in total. The number of rotatable bonds is 3. The normalized spacial score (nSPS) is 19.3. The Labute approximate surface area is 181 Å². The van der Waals surface area contributed by atoms with Crippen molar-refractivity contribution in [2.24, 2.45) is 13.0 Å². The van der Waals surface area contributed by atoms with Crippen molar-refractivity contribution < 1.29 is 6.85 Å². The first kappa shape index (κ1) is 14.2. The van der Waals surface area contributed by atoms with Gasteiger partial charge in [-0.1, -0.05) is 69.1 Å². The Kier molecular flexibility index (Phi) is 3.67. The molecule has 2 heterocycles. The van der Waals surface area contributed by atoms with Crippen molar-refractivity contribution in [2.45, 2.75) is 40.9 Å². The quantitative estimate of drug-likeness (QED) is 0.390. The van der Waals surface area contributed by atoms with Crippen molar-refractivity contribution in [1.82, 2.24) is 9.14 Å². The third-order valence-corrected chi connectivity index (χ3v) is 5.37. The summed E-state index contributed by atoms with van der Waals surface area (Å²) in [5.74, 6) is -0.172. The van der Waals surface area contributed by atoms with Crippen molar-refractivity contribution in [1.29, 1.82) is 0 Å². The summed E-state index contributed by atoms with van der Waals surface area (Å²) < 4.78 is 45.3. The molecule has 2 aromatic carbocycles. The number of benzene rings is 2. The second kappa shape index (κ2) is 7.51. The van der Waals surface area contributed by atoms with Crippen LogP contribution in [0.3, 0.4) is 0 Å². The largest absolute Gasteiger partial charge is 0.298 e. The molecule has 0 spiro atoms. The average molecular weight is 388 g/mol. The molecule has 0 amide bonds. The Bertz CT molecular complexity index is 1420. The van der Waals surface area contributed by atoms with E-state index in [9.17, 15) is 0 Å². The van der Waals surface area contributed by atoms with Gasteiger partial charge in [-0.3, -0.25) is 9.14 Å². The minimum Gasteiger partial charge on any atom is -0.298 e. The van der Waals surface area contributed by atoms with Crippen LogP contribution in [-0.2, 0) is 13.4 Å². The van der Waals surface area contributed by atoms with E-state index in [1.165, 1.54) is 0 Å². The molecule has 0 unspecified atom stereocenters. The van der Waals surface area contributed by atoms with Crippen LogP contribution in [-0.4, -0.2) is 4.57 Å². The molecule has 1 aliphatic heterocycles. The standard InChI is InChI=1S/C27H30N2/c1-7-19(4)24-17-29(27-20(5)10-8-12-23(24)27)26-15-14-22-21(16-18(2)3)11-9-13-25(22)28(26)6/h7-15,18H,16H2,1-6H3/i4D3,16D2. The first-order valence-electron chi connectivity index (χ1n) is 12.5. The third-order valence-electron chi connectivity index (χ3n) is 5.37. The van der Waals surface area contributed by atoms with Crippen molar-refractivity contribution in [3.8, 4) is 0 Å². The van der Waals surface area contributed by atoms with Gasteiger partial charge in [-0.05, 0) is 48.5 Å². The molecule has 0 atom stereocenters. The van der Waals surface area contributed by atoms with Crippen LogP contribution in [0.5, 0.6) is 0 Å². The van der Waals surface area contributed by atoms with E-state index in [0.29, 0.717) is 11.1 Å². The van der Waals surface area contributed by atoms with Gasteiger partial charge in [0.1, 0.15) is 5.52 Å². The molecule has 0 fully saturated rings. The predicted molar refractivity (Wildman–Crippen MR) is 124 cm³/mol. The zero-order valence-corrected chi connectivity index (χ0v) is 17.7. The summed E-state index contributed by atoms with van der Waals surface area (Å²) in [6.45, 7) is 5.29. The first-order chi connectivity index (χ1) is 15.9. The molecule has 0 bridgehead atoms. The lowest BCUT2D eigenvalue weighted by molar-refractivity contribution is 0.650. The van der Waals surface area contributed by atoms with Gasteiger partial charge >= 0.3 is 0 Å². The second-order valence-electron chi connectivity index (χ2n) is 7.78. The summed E-state index contributed by atoms with van der Waals surface area (Å²) in [6.07, 6.45) is 3.54. The zero-order chi connectivity index (χ0) is 25.0. The van der Waals surface area contributed by atoms with E-state index >= 15 is 0 Å². The Morgan fingerprint density at radius 2 is 2.00 bits per heavy atom. The number of aryl methyl sites for hydroxylation is 2. The van der Waals surface area contributed by atoms with Crippen LogP contribution in [0, 0.1) is 19.0 Å². The summed E-state index contributed by atoms with van der Waals surface area (Å²) in [5, 5.41) is 0.859. The number of nitrogens with zero attached hydrogens (tertiary/aromatic N) is 2. The van der Waals surface area contributed by atoms with E-state index in [1.54, 1.807) is 13.0 Å². The van der Waals surface area contributed by atoms with Gasteiger partial charge in [0, 0.05) is 17.9 Å². The lowest BCUT2D eigenvalue weighted by atomic mass is 9.98. The molecular formula is C27H30N2. The van der Waals surface area contributed by atoms with E-state index in [2.05, 4.69) is 6.20 Å². The molecule has 4 rings (SSSR count). The maximum absolute atomic E-state index is 8.64. The molecule has 0 radical (unpaired) electrons. The first-order valence-corrected chi connectivity index (χ1v) is 10.0. The van der Waals surface area contributed by atoms with Crippen LogP contribution >= 0.6 is 0 Å². The van der Waals surface area contributed by atoms with E-state index in [0.717, 1.165) is 33.2 Å². The Morgan fingerprint density at radius 3 is 2.72 bits per heavy atom. The second-order valence-corrected chi connectivity index (χ2v) is 7.78. The highest BCUT2D eigenvalue weighted by molar-refractivity contribution is 5.88. The topological polar surface area (TPSA) is 7.94 Å². The van der Waals surface area contributed by atoms with Gasteiger partial charge in [-0.25, -0.2) is 0 Å². The van der Waals surface area contributed by atoms with Crippen LogP contribution in [0.25, 0.3) is 16.5 Å². The van der Waals surface area contributed by atoms with Crippen molar-refractivity contribution in [3.05, 3.63) is 88.6 Å². The zero-order valence-electron chi connectivity index (χ0n) is 22.7. The van der Waals surface area contributed by atoms with Crippen LogP contribution in [0.2, 0.25) is 0 Å². The van der Waals surface area contributed by atoms with E-state index < -0.39 is 13.2 Å². The van der Waals surface area contributed by atoms with Gasteiger partial charge in [0.05, 0.1) is 13.2 Å². The fourth-order valence-electron chi connectivity index (χ4n) is 3.98. The fraction of sp³-hybridized carbons (Fsp3) is 0.296. The number of aromatic nitrogens is 1. The minimum atomic E-state index is -2.25. The summed E-state index contributed by atoms with van der Waals surface area (Å²) >= 11 is 0. The Morgan fingerprint density at radius 1 is 1.21 bits per heavy atom. The van der Waals surface area contributed by atoms with Gasteiger partial charge in [0.2, 0.25) is 5.49 Å². The smallest absolute Gasteiger partial charge is 0.222 e. The maximum atomic E-state index is 8.64. The molecule has 1 aromatic heterocycles. The summed E-state index contributed by atoms with van der Waals surface area (Å²) in [5.41, 5.74) is 6.00. The molecule has 0 saturated heterocycles. The lowest BCUT2D eigenvalue weighted by Crippen LogP contribution is -2.29. The predicted octanol–water partition coefficient (Wildman–Crippen LogP) is 5.91. The van der Waals surface area contributed by atoms with E-state index in [-0.39, 0.29) is 11.5 Å². The Balaban J connectivity index is 2.09. The van der Waals surface area contributed by atoms with Crippen molar-refractivity contribution in [2.75, 3.05) is 0 Å². The fourth-order valence-corrected chi connectivity index (χ4v) is 3.98. The molecule has 2 heteroatoms. The van der Waals surface area contributed by atoms with Crippen LogP contribution in [0.4, 0.5) is 5.69 Å². The van der Waals surface area contributed by atoms with Crippen molar-refractivity contribution >= 4 is 22.2 Å². The van der Waals surface area contributed by atoms with Gasteiger partial charge in [0.15, 0.2) is 0 Å². The molecule has 0 N–H and O–H groups in total. The summed E-state index contributed by atoms with van der Waals surface area (Å²) in [7, 11) is 1.95. The molecule has 1 aliphatic rings. The number of allylic oxidation sites excluding steroid dienone is 3. The molecule has 3 aromatic rings. The number of fused-ring (bicyclic) bond motifs is 2. The molecule has 0 aliphatic carbocycles. The van der Waals surface area contributed by atoms with Gasteiger partial charge in [0.25, 0.3) is 0 Å². The molecule has 0 saturated carbocycles. The summed E-state index contributed by atoms with van der Waals surface area (Å²) in [4.78, 5) is 0. The monoisotopic (exact) mass is 387 g/mol. The van der Waals surface area contributed by atoms with Gasteiger partial charge in [-0.2, -0.15) is 0 Å². The van der Waals surface area contributed by atoms with Crippen molar-refractivity contribution in [3.63, 3.8) is 0 Å². The Hall–Kier alpha value is -2.87. The van der Waals surface area contributed by atoms with Gasteiger partial charge in [-0.15, -0.1) is 11.6 Å². The van der Waals surface area contributed by atoms with Crippen LogP contribution in [0.15, 0.2) is 60.2 Å². The van der Waals surface area contributed by atoms with E-state index in [1.807, 2.05) is 85.5 Å². The highest BCUT2D eigenvalue weighted by Gasteiger charge is 2.19. The van der Waals surface area contributed by atoms with Gasteiger partial charge < -0.3 is 0 Å². The SMILES string of the molecule is [2H]C([2H])([2H])C(=CC)C1=[C-][N+](=c2ccc3c(C([2H])([2H])C(C)C)cccc3n2C)c2c(C)cccc21. The van der Waals surface area contributed by atoms with Crippen LogP contribution < -0.4 is 10.1 Å². The highest BCUT2D eigenvalue weighted by Crippen LogP contribution is 2.37.